The van der Waals surface area contributed by atoms with Gasteiger partial charge in [0.1, 0.15) is 11.5 Å². The number of ether oxygens (including phenoxy) is 1. The average Bonchev–Trinajstić information content (AvgIpc) is 2.96. The van der Waals surface area contributed by atoms with Crippen LogP contribution in [-0.4, -0.2) is 30.0 Å². The monoisotopic (exact) mass is 312 g/mol. The summed E-state index contributed by atoms with van der Waals surface area (Å²) in [7, 11) is 1.60. The average molecular weight is 312 g/mol. The molecule has 0 amide bonds. The Hall–Kier alpha value is -2.40. The summed E-state index contributed by atoms with van der Waals surface area (Å²) < 4.78 is 6.34. The summed E-state index contributed by atoms with van der Waals surface area (Å²) in [4.78, 5) is 8.95. The van der Waals surface area contributed by atoms with E-state index in [-0.39, 0.29) is 5.75 Å². The number of aromatic hydroxyl groups is 1. The summed E-state index contributed by atoms with van der Waals surface area (Å²) in [5, 5.41) is 10.9. The van der Waals surface area contributed by atoms with Crippen LogP contribution >= 0.6 is 11.3 Å². The Morgan fingerprint density at radius 3 is 2.95 bits per heavy atom. The number of fused-ring (bicyclic) bond motifs is 1. The van der Waals surface area contributed by atoms with Gasteiger partial charge in [-0.25, -0.2) is 4.98 Å². The van der Waals surface area contributed by atoms with E-state index in [0.717, 1.165) is 16.9 Å². The molecule has 0 spiro atoms. The van der Waals surface area contributed by atoms with Crippen molar-refractivity contribution in [1.82, 2.24) is 4.98 Å². The molecule has 2 aromatic carbocycles. The highest BCUT2D eigenvalue weighted by Gasteiger charge is 2.03. The van der Waals surface area contributed by atoms with Crippen LogP contribution in [0.25, 0.3) is 10.2 Å². The van der Waals surface area contributed by atoms with Crippen molar-refractivity contribution in [2.24, 2.45) is 4.99 Å². The normalized spacial score (nSPS) is 11.3. The number of thiazole rings is 1. The first kappa shape index (κ1) is 14.5. The van der Waals surface area contributed by atoms with E-state index in [0.29, 0.717) is 17.9 Å². The van der Waals surface area contributed by atoms with Crippen molar-refractivity contribution < 1.29 is 9.84 Å². The molecule has 0 aliphatic rings. The Morgan fingerprint density at radius 1 is 1.27 bits per heavy atom. The van der Waals surface area contributed by atoms with Gasteiger partial charge in [-0.1, -0.05) is 12.1 Å². The van der Waals surface area contributed by atoms with E-state index >= 15 is 0 Å². The molecular weight excluding hydrogens is 296 g/mol. The van der Waals surface area contributed by atoms with Crippen molar-refractivity contribution in [3.05, 3.63) is 53.0 Å². The summed E-state index contributed by atoms with van der Waals surface area (Å²) in [5.74, 6) is 0.898. The van der Waals surface area contributed by atoms with Crippen LogP contribution in [0.4, 0.5) is 0 Å². The van der Waals surface area contributed by atoms with Crippen LogP contribution in [0, 0.1) is 0 Å². The molecule has 0 unspecified atom stereocenters. The number of rotatable bonds is 5. The number of hydrogen-bond acceptors (Lipinski definition) is 5. The van der Waals surface area contributed by atoms with Crippen molar-refractivity contribution in [2.75, 3.05) is 13.7 Å². The Bertz CT molecular complexity index is 778. The summed E-state index contributed by atoms with van der Waals surface area (Å²) in [6.07, 6.45) is 2.46. The number of hydrogen-bond donors (Lipinski definition) is 1. The maximum atomic E-state index is 9.79. The van der Waals surface area contributed by atoms with E-state index < -0.39 is 0 Å². The van der Waals surface area contributed by atoms with E-state index in [4.69, 9.17) is 4.74 Å². The Morgan fingerprint density at radius 2 is 2.14 bits per heavy atom. The Labute approximate surface area is 132 Å². The third kappa shape index (κ3) is 3.26. The van der Waals surface area contributed by atoms with Gasteiger partial charge < -0.3 is 9.84 Å². The molecule has 0 atom stereocenters. The van der Waals surface area contributed by atoms with Crippen molar-refractivity contribution in [3.63, 3.8) is 0 Å². The summed E-state index contributed by atoms with van der Waals surface area (Å²) in [6, 6.07) is 13.2. The third-order valence-electron chi connectivity index (χ3n) is 3.26. The zero-order chi connectivity index (χ0) is 15.4. The molecule has 0 aliphatic heterocycles. The highest BCUT2D eigenvalue weighted by Crippen LogP contribution is 2.22. The van der Waals surface area contributed by atoms with E-state index in [2.05, 4.69) is 16.0 Å². The van der Waals surface area contributed by atoms with Gasteiger partial charge in [0, 0.05) is 24.7 Å². The minimum absolute atomic E-state index is 0.199. The van der Waals surface area contributed by atoms with Crippen molar-refractivity contribution in [1.29, 1.82) is 0 Å². The molecule has 3 aromatic rings. The molecule has 0 radical (unpaired) electrons. The molecule has 112 valence electrons. The minimum atomic E-state index is 0.199. The zero-order valence-electron chi connectivity index (χ0n) is 12.2. The number of benzene rings is 2. The van der Waals surface area contributed by atoms with Crippen LogP contribution in [-0.2, 0) is 6.42 Å². The van der Waals surface area contributed by atoms with Gasteiger partial charge in [-0.15, -0.1) is 11.3 Å². The number of aromatic nitrogens is 1. The fraction of sp³-hybridized carbons (Fsp3) is 0.176. The molecule has 3 rings (SSSR count). The Balaban J connectivity index is 1.65. The van der Waals surface area contributed by atoms with E-state index in [1.54, 1.807) is 42.9 Å². The molecule has 5 heteroatoms. The first-order valence-electron chi connectivity index (χ1n) is 6.97. The lowest BCUT2D eigenvalue weighted by atomic mass is 10.2. The minimum Gasteiger partial charge on any atom is -0.507 e. The van der Waals surface area contributed by atoms with Crippen molar-refractivity contribution in [2.45, 2.75) is 6.42 Å². The highest BCUT2D eigenvalue weighted by atomic mass is 32.1. The van der Waals surface area contributed by atoms with Crippen LogP contribution in [0.2, 0.25) is 0 Å². The van der Waals surface area contributed by atoms with Gasteiger partial charge in [-0.3, -0.25) is 4.99 Å². The SMILES string of the molecule is COc1ccc(O)c(C=NCCc2nc3ccccc3s2)c1. The summed E-state index contributed by atoms with van der Waals surface area (Å²) in [5.41, 5.74) is 1.69. The molecule has 0 aliphatic carbocycles. The molecule has 0 saturated carbocycles. The zero-order valence-corrected chi connectivity index (χ0v) is 13.0. The van der Waals surface area contributed by atoms with Crippen LogP contribution in [0.3, 0.4) is 0 Å². The molecule has 4 nitrogen and oxygen atoms in total. The van der Waals surface area contributed by atoms with Gasteiger partial charge in [0.25, 0.3) is 0 Å². The second-order valence-corrected chi connectivity index (χ2v) is 5.90. The van der Waals surface area contributed by atoms with Crippen LogP contribution in [0.15, 0.2) is 47.5 Å². The topological polar surface area (TPSA) is 54.7 Å². The molecule has 0 saturated heterocycles. The maximum absolute atomic E-state index is 9.79. The van der Waals surface area contributed by atoms with Crippen molar-refractivity contribution >= 4 is 27.8 Å². The lowest BCUT2D eigenvalue weighted by Gasteiger charge is -2.02. The first-order chi connectivity index (χ1) is 10.8. The van der Waals surface area contributed by atoms with E-state index in [1.807, 2.05) is 18.2 Å². The second kappa shape index (κ2) is 6.58. The van der Waals surface area contributed by atoms with E-state index in [1.165, 1.54) is 4.70 Å². The van der Waals surface area contributed by atoms with Crippen LogP contribution < -0.4 is 4.74 Å². The highest BCUT2D eigenvalue weighted by molar-refractivity contribution is 7.18. The summed E-state index contributed by atoms with van der Waals surface area (Å²) >= 11 is 1.70. The molecular formula is C17H16N2O2S. The number of phenolic OH excluding ortho intramolecular Hbond substituents is 1. The number of para-hydroxylation sites is 1. The fourth-order valence-electron chi connectivity index (χ4n) is 2.11. The maximum Gasteiger partial charge on any atom is 0.124 e. The van der Waals surface area contributed by atoms with Gasteiger partial charge in [-0.2, -0.15) is 0 Å². The number of methoxy groups -OCH3 is 1. The first-order valence-corrected chi connectivity index (χ1v) is 7.79. The van der Waals surface area contributed by atoms with Gasteiger partial charge >= 0.3 is 0 Å². The molecule has 1 N–H and O–H groups in total. The molecule has 0 bridgehead atoms. The third-order valence-corrected chi connectivity index (χ3v) is 4.35. The number of nitrogens with zero attached hydrogens (tertiary/aromatic N) is 2. The largest absolute Gasteiger partial charge is 0.507 e. The van der Waals surface area contributed by atoms with Gasteiger partial charge in [0.05, 0.1) is 22.3 Å². The molecule has 22 heavy (non-hydrogen) atoms. The predicted octanol–water partition coefficient (Wildman–Crippen LogP) is 3.67. The van der Waals surface area contributed by atoms with Crippen LogP contribution in [0.1, 0.15) is 10.6 Å². The Kier molecular flexibility index (Phi) is 4.34. The standard InChI is InChI=1S/C17H16N2O2S/c1-21-13-6-7-15(20)12(10-13)11-18-9-8-17-19-14-4-2-3-5-16(14)22-17/h2-7,10-11,20H,8-9H2,1H3. The predicted molar refractivity (Wildman–Crippen MR) is 90.4 cm³/mol. The molecule has 1 heterocycles. The van der Waals surface area contributed by atoms with E-state index in [9.17, 15) is 5.11 Å². The van der Waals surface area contributed by atoms with Crippen LogP contribution in [0.5, 0.6) is 11.5 Å². The lowest BCUT2D eigenvalue weighted by Crippen LogP contribution is -1.91. The molecule has 0 fully saturated rings. The second-order valence-electron chi connectivity index (χ2n) is 4.79. The number of aliphatic imine (C=N–C) groups is 1. The molecule has 1 aromatic heterocycles. The smallest absolute Gasteiger partial charge is 0.124 e. The number of phenols is 1. The van der Waals surface area contributed by atoms with Gasteiger partial charge in [0.2, 0.25) is 0 Å². The van der Waals surface area contributed by atoms with Gasteiger partial charge in [-0.05, 0) is 30.3 Å². The quantitative estimate of drug-likeness (QED) is 0.731. The van der Waals surface area contributed by atoms with Gasteiger partial charge in [0.15, 0.2) is 0 Å². The fourth-order valence-corrected chi connectivity index (χ4v) is 3.07. The lowest BCUT2D eigenvalue weighted by molar-refractivity contribution is 0.412. The van der Waals surface area contributed by atoms with Crippen molar-refractivity contribution in [3.8, 4) is 11.5 Å². The summed E-state index contributed by atoms with van der Waals surface area (Å²) in [6.45, 7) is 0.635.